The average molecular weight is 332 g/mol. The number of hydrogen-bond donors (Lipinski definition) is 1. The summed E-state index contributed by atoms with van der Waals surface area (Å²) in [7, 11) is 4.02. The van der Waals surface area contributed by atoms with Crippen LogP contribution in [0.25, 0.3) is 0 Å². The lowest BCUT2D eigenvalue weighted by Gasteiger charge is -2.11. The lowest BCUT2D eigenvalue weighted by Crippen LogP contribution is -2.10. The number of phenolic OH excluding ortho intramolecular Hbond substituents is 1. The third kappa shape index (κ3) is 3.57. The molecule has 126 valence electrons. The van der Waals surface area contributed by atoms with Crippen molar-refractivity contribution in [2.45, 2.75) is 0 Å². The van der Waals surface area contributed by atoms with E-state index in [1.165, 1.54) is 57.7 Å². The highest BCUT2D eigenvalue weighted by Crippen LogP contribution is 2.31. The Morgan fingerprint density at radius 1 is 0.792 bits per heavy atom. The molecule has 0 radical (unpaired) electrons. The molecule has 0 saturated carbocycles. The maximum Gasteiger partial charge on any atom is 0.343 e. The van der Waals surface area contributed by atoms with Crippen molar-refractivity contribution in [1.82, 2.24) is 0 Å². The molecule has 2 aromatic carbocycles. The van der Waals surface area contributed by atoms with E-state index in [4.69, 9.17) is 14.2 Å². The molecule has 0 atom stereocenters. The molecule has 2 rings (SSSR count). The summed E-state index contributed by atoms with van der Waals surface area (Å²) in [6, 6.07) is 8.37. The van der Waals surface area contributed by atoms with E-state index < -0.39 is 11.9 Å². The molecule has 2 aromatic rings. The summed E-state index contributed by atoms with van der Waals surface area (Å²) >= 11 is 0. The zero-order chi connectivity index (χ0) is 17.7. The molecule has 24 heavy (non-hydrogen) atoms. The molecule has 0 amide bonds. The molecular weight excluding hydrogens is 316 g/mol. The molecule has 0 aliphatic rings. The van der Waals surface area contributed by atoms with E-state index >= 15 is 0 Å². The molecule has 0 fully saturated rings. The van der Waals surface area contributed by atoms with Crippen LogP contribution in [0.3, 0.4) is 0 Å². The number of methoxy groups -OCH3 is 3. The van der Waals surface area contributed by atoms with Gasteiger partial charge in [-0.1, -0.05) is 0 Å². The van der Waals surface area contributed by atoms with Crippen molar-refractivity contribution in [3.05, 3.63) is 47.5 Å². The van der Waals surface area contributed by atoms with Gasteiger partial charge in [0.05, 0.1) is 32.5 Å². The molecule has 0 aromatic heterocycles. The van der Waals surface area contributed by atoms with Crippen LogP contribution in [0.4, 0.5) is 0 Å². The number of benzene rings is 2. The lowest BCUT2D eigenvalue weighted by molar-refractivity contribution is 0.0600. The normalized spacial score (nSPS) is 9.96. The van der Waals surface area contributed by atoms with Gasteiger partial charge in [0.15, 0.2) is 23.0 Å². The minimum atomic E-state index is -0.669. The first kappa shape index (κ1) is 17.1. The number of phenols is 1. The van der Waals surface area contributed by atoms with Crippen LogP contribution in [0.1, 0.15) is 20.7 Å². The molecule has 0 saturated heterocycles. The smallest absolute Gasteiger partial charge is 0.343 e. The van der Waals surface area contributed by atoms with E-state index in [1.54, 1.807) is 0 Å². The number of esters is 2. The second-order valence-corrected chi connectivity index (χ2v) is 4.63. The second-order valence-electron chi connectivity index (χ2n) is 4.63. The molecular formula is C17H16O7. The molecule has 0 bridgehead atoms. The van der Waals surface area contributed by atoms with E-state index in [-0.39, 0.29) is 34.1 Å². The summed E-state index contributed by atoms with van der Waals surface area (Å²) in [6.07, 6.45) is 0. The van der Waals surface area contributed by atoms with Crippen LogP contribution in [0.15, 0.2) is 36.4 Å². The summed E-state index contributed by atoms with van der Waals surface area (Å²) in [4.78, 5) is 23.7. The van der Waals surface area contributed by atoms with Crippen molar-refractivity contribution in [2.75, 3.05) is 21.3 Å². The Labute approximate surface area is 138 Å². The predicted molar refractivity (Wildman–Crippen MR) is 84.0 cm³/mol. The van der Waals surface area contributed by atoms with Gasteiger partial charge in [0.25, 0.3) is 0 Å². The van der Waals surface area contributed by atoms with Crippen LogP contribution >= 0.6 is 0 Å². The van der Waals surface area contributed by atoms with Gasteiger partial charge in [-0.05, 0) is 36.4 Å². The maximum absolute atomic E-state index is 12.2. The van der Waals surface area contributed by atoms with Crippen LogP contribution in [0.2, 0.25) is 0 Å². The Kier molecular flexibility index (Phi) is 5.26. The van der Waals surface area contributed by atoms with E-state index in [0.717, 1.165) is 0 Å². The zero-order valence-corrected chi connectivity index (χ0v) is 13.4. The van der Waals surface area contributed by atoms with Gasteiger partial charge in [-0.15, -0.1) is 0 Å². The van der Waals surface area contributed by atoms with Crippen LogP contribution in [0, 0.1) is 0 Å². The molecule has 0 heterocycles. The third-order valence-electron chi connectivity index (χ3n) is 3.20. The number of rotatable bonds is 5. The van der Waals surface area contributed by atoms with Gasteiger partial charge >= 0.3 is 11.9 Å². The molecule has 0 spiro atoms. The molecule has 0 aliphatic carbocycles. The molecule has 0 unspecified atom stereocenters. The number of carbonyl (C=O) groups excluding carboxylic acids is 2. The van der Waals surface area contributed by atoms with Gasteiger partial charge in [-0.3, -0.25) is 0 Å². The van der Waals surface area contributed by atoms with E-state index in [1.807, 2.05) is 0 Å². The first-order valence-electron chi connectivity index (χ1n) is 6.85. The summed E-state index contributed by atoms with van der Waals surface area (Å²) in [6.45, 7) is 0. The zero-order valence-electron chi connectivity index (χ0n) is 13.4. The van der Waals surface area contributed by atoms with Gasteiger partial charge in [0.2, 0.25) is 0 Å². The quantitative estimate of drug-likeness (QED) is 0.664. The molecule has 1 N–H and O–H groups in total. The first-order valence-corrected chi connectivity index (χ1v) is 6.85. The average Bonchev–Trinajstić information content (AvgIpc) is 2.61. The Balaban J connectivity index is 2.27. The fourth-order valence-corrected chi connectivity index (χ4v) is 1.96. The van der Waals surface area contributed by atoms with Crippen molar-refractivity contribution in [3.63, 3.8) is 0 Å². The topological polar surface area (TPSA) is 91.3 Å². The van der Waals surface area contributed by atoms with Crippen molar-refractivity contribution in [3.8, 4) is 23.0 Å². The van der Waals surface area contributed by atoms with E-state index in [2.05, 4.69) is 4.74 Å². The summed E-state index contributed by atoms with van der Waals surface area (Å²) in [5, 5.41) is 9.55. The minimum absolute atomic E-state index is 0.0888. The molecule has 0 aliphatic heterocycles. The van der Waals surface area contributed by atoms with Gasteiger partial charge < -0.3 is 24.1 Å². The largest absolute Gasteiger partial charge is 0.504 e. The van der Waals surface area contributed by atoms with E-state index in [9.17, 15) is 14.7 Å². The number of hydrogen-bond acceptors (Lipinski definition) is 7. The fraction of sp³-hybridized carbons (Fsp3) is 0.176. The Morgan fingerprint density at radius 2 is 1.38 bits per heavy atom. The van der Waals surface area contributed by atoms with Crippen LogP contribution in [-0.2, 0) is 4.74 Å². The van der Waals surface area contributed by atoms with Gasteiger partial charge in [-0.25, -0.2) is 9.59 Å². The van der Waals surface area contributed by atoms with Gasteiger partial charge in [0, 0.05) is 0 Å². The highest BCUT2D eigenvalue weighted by Gasteiger charge is 2.16. The van der Waals surface area contributed by atoms with Crippen molar-refractivity contribution >= 4 is 11.9 Å². The lowest BCUT2D eigenvalue weighted by atomic mass is 10.2. The number of carbonyl (C=O) groups is 2. The standard InChI is InChI=1S/C17H16O7/c1-21-14-8-11(4-6-12(14)18)17(20)24-13-7-5-10(16(19)23-3)9-15(13)22-2/h4-9,18H,1-3H3. The Hall–Kier alpha value is -3.22. The van der Waals surface area contributed by atoms with Crippen LogP contribution in [-0.4, -0.2) is 38.4 Å². The van der Waals surface area contributed by atoms with Gasteiger partial charge in [-0.2, -0.15) is 0 Å². The highest BCUT2D eigenvalue weighted by molar-refractivity contribution is 5.93. The van der Waals surface area contributed by atoms with Crippen molar-refractivity contribution in [2.24, 2.45) is 0 Å². The highest BCUT2D eigenvalue weighted by atomic mass is 16.6. The van der Waals surface area contributed by atoms with Crippen LogP contribution < -0.4 is 14.2 Å². The molecule has 7 heteroatoms. The SMILES string of the molecule is COC(=O)c1ccc(OC(=O)c2ccc(O)c(OC)c2)c(OC)c1. The Morgan fingerprint density at radius 3 is 2.00 bits per heavy atom. The predicted octanol–water partition coefficient (Wildman–Crippen LogP) is 2.42. The van der Waals surface area contributed by atoms with Crippen molar-refractivity contribution in [1.29, 1.82) is 0 Å². The number of ether oxygens (including phenoxy) is 4. The number of aromatic hydroxyl groups is 1. The van der Waals surface area contributed by atoms with E-state index in [0.29, 0.717) is 0 Å². The first-order chi connectivity index (χ1) is 11.5. The van der Waals surface area contributed by atoms with Crippen LogP contribution in [0.5, 0.6) is 23.0 Å². The third-order valence-corrected chi connectivity index (χ3v) is 3.20. The molecule has 7 nitrogen and oxygen atoms in total. The summed E-state index contributed by atoms with van der Waals surface area (Å²) < 4.78 is 20.0. The van der Waals surface area contributed by atoms with Gasteiger partial charge in [0.1, 0.15) is 0 Å². The fourth-order valence-electron chi connectivity index (χ4n) is 1.96. The second kappa shape index (κ2) is 7.36. The summed E-state index contributed by atoms with van der Waals surface area (Å²) in [5.74, 6) is -0.794. The maximum atomic E-state index is 12.2. The Bertz CT molecular complexity index is 768. The summed E-state index contributed by atoms with van der Waals surface area (Å²) in [5.41, 5.74) is 0.448. The minimum Gasteiger partial charge on any atom is -0.504 e. The van der Waals surface area contributed by atoms with Crippen molar-refractivity contribution < 1.29 is 33.6 Å². The monoisotopic (exact) mass is 332 g/mol.